The van der Waals surface area contributed by atoms with Gasteiger partial charge in [-0.1, -0.05) is 17.8 Å². The first-order valence-corrected chi connectivity index (χ1v) is 9.03. The number of hydrogen-bond donors (Lipinski definition) is 0. The van der Waals surface area contributed by atoms with Crippen LogP contribution < -0.4 is 0 Å². The van der Waals surface area contributed by atoms with Gasteiger partial charge in [0.05, 0.1) is 5.38 Å². The number of benzene rings is 2. The van der Waals surface area contributed by atoms with E-state index in [2.05, 4.69) is 0 Å². The summed E-state index contributed by atoms with van der Waals surface area (Å²) in [7, 11) is 0. The van der Waals surface area contributed by atoms with Gasteiger partial charge in [-0.2, -0.15) is 0 Å². The quantitative estimate of drug-likeness (QED) is 0.456. The molecular weight excluding hydrogens is 342 g/mol. The molecule has 114 valence electrons. The second kappa shape index (κ2) is 6.65. The predicted molar refractivity (Wildman–Crippen MR) is 90.8 cm³/mol. The SMILES string of the molecule is Cc1ccc(SC=C2CSc3ccc(F)cc3C2Cl)cc1F. The summed E-state index contributed by atoms with van der Waals surface area (Å²) in [6, 6.07) is 9.87. The molecule has 0 nitrogen and oxygen atoms in total. The summed E-state index contributed by atoms with van der Waals surface area (Å²) < 4.78 is 27.0. The van der Waals surface area contributed by atoms with Gasteiger partial charge in [0.25, 0.3) is 0 Å². The topological polar surface area (TPSA) is 0 Å². The second-order valence-corrected chi connectivity index (χ2v) is 7.45. The minimum Gasteiger partial charge on any atom is -0.207 e. The average molecular weight is 355 g/mol. The fourth-order valence-corrected chi connectivity index (χ4v) is 4.73. The first kappa shape index (κ1) is 15.9. The van der Waals surface area contributed by atoms with Crippen molar-refractivity contribution in [2.75, 3.05) is 5.75 Å². The van der Waals surface area contributed by atoms with Crippen molar-refractivity contribution < 1.29 is 8.78 Å². The van der Waals surface area contributed by atoms with Crippen molar-refractivity contribution in [3.63, 3.8) is 0 Å². The summed E-state index contributed by atoms with van der Waals surface area (Å²) in [5.74, 6) is 0.268. The van der Waals surface area contributed by atoms with Gasteiger partial charge in [0, 0.05) is 15.5 Å². The Morgan fingerprint density at radius 2 is 2.05 bits per heavy atom. The van der Waals surface area contributed by atoms with Crippen molar-refractivity contribution in [1.82, 2.24) is 0 Å². The van der Waals surface area contributed by atoms with Crippen molar-refractivity contribution in [2.45, 2.75) is 22.1 Å². The molecule has 2 aromatic rings. The summed E-state index contributed by atoms with van der Waals surface area (Å²) in [6.07, 6.45) is 0. The molecule has 0 fully saturated rings. The van der Waals surface area contributed by atoms with Gasteiger partial charge in [-0.25, -0.2) is 8.78 Å². The third-order valence-corrected chi connectivity index (χ3v) is 6.08. The molecule has 0 aromatic heterocycles. The molecule has 0 N–H and O–H groups in total. The lowest BCUT2D eigenvalue weighted by Crippen LogP contribution is -2.06. The van der Waals surface area contributed by atoms with E-state index in [1.54, 1.807) is 30.8 Å². The molecule has 5 heteroatoms. The zero-order valence-electron chi connectivity index (χ0n) is 11.8. The van der Waals surface area contributed by atoms with Crippen LogP contribution in [0.15, 0.2) is 57.2 Å². The van der Waals surface area contributed by atoms with E-state index >= 15 is 0 Å². The molecule has 1 atom stereocenters. The van der Waals surface area contributed by atoms with Crippen LogP contribution in [0.1, 0.15) is 16.5 Å². The third-order valence-electron chi connectivity index (χ3n) is 3.45. The smallest absolute Gasteiger partial charge is 0.127 e. The molecule has 0 saturated carbocycles. The number of hydrogen-bond acceptors (Lipinski definition) is 2. The first-order chi connectivity index (χ1) is 10.5. The van der Waals surface area contributed by atoms with E-state index in [1.807, 2.05) is 11.5 Å². The maximum atomic E-state index is 13.6. The van der Waals surface area contributed by atoms with Gasteiger partial charge < -0.3 is 0 Å². The Labute approximate surface area is 141 Å². The molecule has 0 amide bonds. The molecule has 3 rings (SSSR count). The number of alkyl halides is 1. The third kappa shape index (κ3) is 3.34. The van der Waals surface area contributed by atoms with E-state index in [0.29, 0.717) is 5.56 Å². The fourth-order valence-electron chi connectivity index (χ4n) is 2.17. The van der Waals surface area contributed by atoms with Crippen LogP contribution in [0.25, 0.3) is 0 Å². The monoisotopic (exact) mass is 354 g/mol. The Hall–Kier alpha value is -0.970. The minimum absolute atomic E-state index is 0.212. The normalized spacial score (nSPS) is 19.3. The van der Waals surface area contributed by atoms with Crippen molar-refractivity contribution in [3.8, 4) is 0 Å². The lowest BCUT2D eigenvalue weighted by molar-refractivity contribution is 0.615. The van der Waals surface area contributed by atoms with Crippen molar-refractivity contribution in [2.24, 2.45) is 0 Å². The zero-order valence-corrected chi connectivity index (χ0v) is 14.2. The maximum Gasteiger partial charge on any atom is 0.127 e. The summed E-state index contributed by atoms with van der Waals surface area (Å²) in [5, 5.41) is 1.61. The lowest BCUT2D eigenvalue weighted by Gasteiger charge is -2.23. The van der Waals surface area contributed by atoms with Crippen LogP contribution >= 0.6 is 35.1 Å². The Morgan fingerprint density at radius 1 is 1.23 bits per heavy atom. The lowest BCUT2D eigenvalue weighted by atomic mass is 10.1. The van der Waals surface area contributed by atoms with Crippen LogP contribution in [0.4, 0.5) is 8.78 Å². The van der Waals surface area contributed by atoms with E-state index in [1.165, 1.54) is 30.0 Å². The molecule has 0 aliphatic carbocycles. The number of rotatable bonds is 2. The number of fused-ring (bicyclic) bond motifs is 1. The molecule has 1 heterocycles. The van der Waals surface area contributed by atoms with Crippen molar-refractivity contribution >= 4 is 35.1 Å². The highest BCUT2D eigenvalue weighted by Gasteiger charge is 2.23. The summed E-state index contributed by atoms with van der Waals surface area (Å²) in [5.41, 5.74) is 2.44. The predicted octanol–water partition coefficient (Wildman–Crippen LogP) is 6.34. The number of halogens is 3. The zero-order chi connectivity index (χ0) is 15.7. The molecule has 0 saturated heterocycles. The highest BCUT2D eigenvalue weighted by atomic mass is 35.5. The molecule has 22 heavy (non-hydrogen) atoms. The van der Waals surface area contributed by atoms with Gasteiger partial charge in [-0.3, -0.25) is 0 Å². The Balaban J connectivity index is 1.82. The van der Waals surface area contributed by atoms with Crippen molar-refractivity contribution in [1.29, 1.82) is 0 Å². The fraction of sp³-hybridized carbons (Fsp3) is 0.176. The van der Waals surface area contributed by atoms with E-state index in [9.17, 15) is 8.78 Å². The Bertz CT molecular complexity index is 743. The van der Waals surface area contributed by atoms with Crippen LogP contribution in [0, 0.1) is 18.6 Å². The van der Waals surface area contributed by atoms with Gasteiger partial charge in [0.1, 0.15) is 11.6 Å². The van der Waals surface area contributed by atoms with E-state index in [4.69, 9.17) is 11.6 Å². The molecule has 1 unspecified atom stereocenters. The van der Waals surface area contributed by atoms with Crippen molar-refractivity contribution in [3.05, 3.63) is 70.1 Å². The molecule has 0 spiro atoms. The summed E-state index contributed by atoms with van der Waals surface area (Å²) in [6.45, 7) is 1.74. The van der Waals surface area contributed by atoms with Gasteiger partial charge >= 0.3 is 0 Å². The second-order valence-electron chi connectivity index (χ2n) is 5.05. The van der Waals surface area contributed by atoms with E-state index in [0.717, 1.165) is 26.7 Å². The van der Waals surface area contributed by atoms with E-state index in [-0.39, 0.29) is 17.0 Å². The molecular formula is C17H13ClF2S2. The standard InChI is InChI=1S/C17H13ClF2S2/c1-10-2-4-13(7-15(10)20)21-8-11-9-22-16-5-3-12(19)6-14(16)17(11)18/h2-8,17H,9H2,1H3. The number of thioether (sulfide) groups is 2. The first-order valence-electron chi connectivity index (χ1n) is 6.72. The average Bonchev–Trinajstić information content (AvgIpc) is 2.50. The molecule has 2 aromatic carbocycles. The molecule has 1 aliphatic rings. The van der Waals surface area contributed by atoms with Crippen LogP contribution in [-0.2, 0) is 0 Å². The summed E-state index contributed by atoms with van der Waals surface area (Å²) in [4.78, 5) is 1.85. The Morgan fingerprint density at radius 3 is 2.82 bits per heavy atom. The van der Waals surface area contributed by atoms with Crippen LogP contribution in [0.2, 0.25) is 0 Å². The maximum absolute atomic E-state index is 13.6. The van der Waals surface area contributed by atoms with E-state index < -0.39 is 0 Å². The van der Waals surface area contributed by atoms with Crippen LogP contribution in [-0.4, -0.2) is 5.75 Å². The summed E-state index contributed by atoms with van der Waals surface area (Å²) >= 11 is 9.55. The van der Waals surface area contributed by atoms with Gasteiger partial charge in [0.2, 0.25) is 0 Å². The number of aryl methyl sites for hydroxylation is 1. The van der Waals surface area contributed by atoms with Crippen LogP contribution in [0.5, 0.6) is 0 Å². The minimum atomic E-state index is -0.338. The van der Waals surface area contributed by atoms with Crippen LogP contribution in [0.3, 0.4) is 0 Å². The molecule has 1 aliphatic heterocycles. The van der Waals surface area contributed by atoms with Gasteiger partial charge in [-0.15, -0.1) is 23.4 Å². The largest absolute Gasteiger partial charge is 0.207 e. The Kier molecular flexibility index (Phi) is 4.81. The highest BCUT2D eigenvalue weighted by molar-refractivity contribution is 8.02. The van der Waals surface area contributed by atoms with Gasteiger partial charge in [0.15, 0.2) is 0 Å². The highest BCUT2D eigenvalue weighted by Crippen LogP contribution is 2.44. The molecule has 0 bridgehead atoms. The van der Waals surface area contributed by atoms with Gasteiger partial charge in [-0.05, 0) is 59.4 Å². The molecule has 0 radical (unpaired) electrons.